The summed E-state index contributed by atoms with van der Waals surface area (Å²) in [6.07, 6.45) is 7.49. The SMILES string of the molecule is CN=C(NCc1ccon1)NC1CCC(SC)C1. The van der Waals surface area contributed by atoms with E-state index in [0.717, 1.165) is 16.9 Å². The molecule has 1 heterocycles. The van der Waals surface area contributed by atoms with Gasteiger partial charge >= 0.3 is 0 Å². The molecular weight excluding hydrogens is 248 g/mol. The first-order valence-electron chi connectivity index (χ1n) is 6.21. The number of aromatic nitrogens is 1. The Bertz CT molecular complexity index is 379. The van der Waals surface area contributed by atoms with Crippen LogP contribution < -0.4 is 10.6 Å². The van der Waals surface area contributed by atoms with E-state index in [1.807, 2.05) is 17.8 Å². The van der Waals surface area contributed by atoms with Crippen LogP contribution in [-0.4, -0.2) is 35.7 Å². The van der Waals surface area contributed by atoms with Gasteiger partial charge in [0.1, 0.15) is 12.0 Å². The molecule has 0 bridgehead atoms. The zero-order valence-electron chi connectivity index (χ0n) is 10.8. The molecule has 2 atom stereocenters. The Labute approximate surface area is 112 Å². The standard InChI is InChI=1S/C12H20N4OS/c1-13-12(14-8-10-5-6-17-16-10)15-9-3-4-11(7-9)18-2/h5-6,9,11H,3-4,7-8H2,1-2H3,(H2,13,14,15). The third-order valence-corrected chi connectivity index (χ3v) is 4.31. The van der Waals surface area contributed by atoms with Crippen molar-refractivity contribution in [1.29, 1.82) is 0 Å². The zero-order chi connectivity index (χ0) is 12.8. The van der Waals surface area contributed by atoms with Crippen molar-refractivity contribution in [3.8, 4) is 0 Å². The Hall–Kier alpha value is -1.17. The number of guanidine groups is 1. The minimum absolute atomic E-state index is 0.533. The second-order valence-corrected chi connectivity index (χ2v) is 5.57. The Kier molecular flexibility index (Phi) is 4.92. The molecule has 0 aliphatic heterocycles. The van der Waals surface area contributed by atoms with Gasteiger partial charge in [-0.2, -0.15) is 11.8 Å². The lowest BCUT2D eigenvalue weighted by molar-refractivity contribution is 0.410. The average Bonchev–Trinajstić information content (AvgIpc) is 3.05. The van der Waals surface area contributed by atoms with E-state index in [-0.39, 0.29) is 0 Å². The van der Waals surface area contributed by atoms with Gasteiger partial charge in [0.2, 0.25) is 0 Å². The number of rotatable bonds is 4. The highest BCUT2D eigenvalue weighted by Gasteiger charge is 2.24. The van der Waals surface area contributed by atoms with Crippen LogP contribution in [0.3, 0.4) is 0 Å². The van der Waals surface area contributed by atoms with Crippen molar-refractivity contribution in [2.24, 2.45) is 4.99 Å². The highest BCUT2D eigenvalue weighted by Crippen LogP contribution is 2.27. The molecule has 0 radical (unpaired) electrons. The van der Waals surface area contributed by atoms with Gasteiger partial charge in [-0.15, -0.1) is 0 Å². The van der Waals surface area contributed by atoms with E-state index in [0.29, 0.717) is 12.6 Å². The molecule has 2 rings (SSSR count). The number of aliphatic imine (C=N–C) groups is 1. The molecule has 5 nitrogen and oxygen atoms in total. The van der Waals surface area contributed by atoms with Crippen molar-refractivity contribution in [1.82, 2.24) is 15.8 Å². The molecule has 0 aromatic carbocycles. The smallest absolute Gasteiger partial charge is 0.191 e. The van der Waals surface area contributed by atoms with Gasteiger partial charge in [0.05, 0.1) is 6.54 Å². The third-order valence-electron chi connectivity index (χ3n) is 3.21. The Morgan fingerprint density at radius 2 is 2.50 bits per heavy atom. The van der Waals surface area contributed by atoms with Crippen molar-refractivity contribution in [3.05, 3.63) is 18.0 Å². The van der Waals surface area contributed by atoms with Crippen molar-refractivity contribution in [2.45, 2.75) is 37.1 Å². The summed E-state index contributed by atoms with van der Waals surface area (Å²) in [6, 6.07) is 2.38. The van der Waals surface area contributed by atoms with Gasteiger partial charge in [-0.05, 0) is 25.5 Å². The first-order chi connectivity index (χ1) is 8.81. The molecule has 1 aliphatic carbocycles. The molecule has 1 saturated carbocycles. The molecule has 0 spiro atoms. The number of hydrogen-bond acceptors (Lipinski definition) is 4. The molecule has 2 N–H and O–H groups in total. The summed E-state index contributed by atoms with van der Waals surface area (Å²) in [5.74, 6) is 0.838. The van der Waals surface area contributed by atoms with Crippen LogP contribution in [0.25, 0.3) is 0 Å². The van der Waals surface area contributed by atoms with Crippen LogP contribution in [-0.2, 0) is 6.54 Å². The van der Waals surface area contributed by atoms with Crippen LogP contribution in [0.1, 0.15) is 25.0 Å². The molecule has 1 aliphatic rings. The third kappa shape index (κ3) is 3.66. The molecule has 0 saturated heterocycles. The Balaban J connectivity index is 1.76. The summed E-state index contributed by atoms with van der Waals surface area (Å²) >= 11 is 1.96. The molecule has 6 heteroatoms. The summed E-state index contributed by atoms with van der Waals surface area (Å²) in [7, 11) is 1.79. The summed E-state index contributed by atoms with van der Waals surface area (Å²) in [5, 5.41) is 11.3. The summed E-state index contributed by atoms with van der Waals surface area (Å²) in [5.41, 5.74) is 0.881. The van der Waals surface area contributed by atoms with E-state index >= 15 is 0 Å². The molecule has 0 amide bonds. The Morgan fingerprint density at radius 3 is 3.11 bits per heavy atom. The summed E-state index contributed by atoms with van der Waals surface area (Å²) in [6.45, 7) is 0.634. The highest BCUT2D eigenvalue weighted by atomic mass is 32.2. The molecule has 1 fully saturated rings. The van der Waals surface area contributed by atoms with Crippen LogP contribution in [0.4, 0.5) is 0 Å². The van der Waals surface area contributed by atoms with E-state index < -0.39 is 0 Å². The van der Waals surface area contributed by atoms with E-state index in [9.17, 15) is 0 Å². The van der Waals surface area contributed by atoms with Gasteiger partial charge in [-0.25, -0.2) is 0 Å². The largest absolute Gasteiger partial charge is 0.364 e. The van der Waals surface area contributed by atoms with Gasteiger partial charge in [-0.3, -0.25) is 4.99 Å². The maximum absolute atomic E-state index is 4.79. The predicted octanol–water partition coefficient (Wildman–Crippen LogP) is 1.62. The predicted molar refractivity (Wildman–Crippen MR) is 74.8 cm³/mol. The lowest BCUT2D eigenvalue weighted by Crippen LogP contribution is -2.42. The van der Waals surface area contributed by atoms with Gasteiger partial charge in [0.15, 0.2) is 5.96 Å². The summed E-state index contributed by atoms with van der Waals surface area (Å²) in [4.78, 5) is 4.23. The summed E-state index contributed by atoms with van der Waals surface area (Å²) < 4.78 is 4.79. The number of nitrogens with one attached hydrogen (secondary N) is 2. The van der Waals surface area contributed by atoms with Gasteiger partial charge in [-0.1, -0.05) is 5.16 Å². The maximum atomic E-state index is 4.79. The van der Waals surface area contributed by atoms with Crippen LogP contribution in [0.2, 0.25) is 0 Å². The first kappa shape index (κ1) is 13.3. The minimum atomic E-state index is 0.533. The molecule has 1 aromatic heterocycles. The van der Waals surface area contributed by atoms with Crippen LogP contribution >= 0.6 is 11.8 Å². The monoisotopic (exact) mass is 268 g/mol. The molecule has 100 valence electrons. The minimum Gasteiger partial charge on any atom is -0.364 e. The van der Waals surface area contributed by atoms with Gasteiger partial charge in [0, 0.05) is 24.4 Å². The van der Waals surface area contributed by atoms with Crippen molar-refractivity contribution >= 4 is 17.7 Å². The highest BCUT2D eigenvalue weighted by molar-refractivity contribution is 7.99. The van der Waals surface area contributed by atoms with E-state index in [1.54, 1.807) is 13.3 Å². The maximum Gasteiger partial charge on any atom is 0.191 e. The van der Waals surface area contributed by atoms with E-state index in [2.05, 4.69) is 27.0 Å². The molecule has 2 unspecified atom stereocenters. The van der Waals surface area contributed by atoms with Crippen molar-refractivity contribution < 1.29 is 4.52 Å². The molecular formula is C12H20N4OS. The average molecular weight is 268 g/mol. The fourth-order valence-electron chi connectivity index (χ4n) is 2.18. The lowest BCUT2D eigenvalue weighted by atomic mass is 10.2. The number of hydrogen-bond donors (Lipinski definition) is 2. The first-order valence-corrected chi connectivity index (χ1v) is 7.50. The van der Waals surface area contributed by atoms with Crippen molar-refractivity contribution in [3.63, 3.8) is 0 Å². The Morgan fingerprint density at radius 1 is 1.61 bits per heavy atom. The fraction of sp³-hybridized carbons (Fsp3) is 0.667. The van der Waals surface area contributed by atoms with Gasteiger partial charge < -0.3 is 15.2 Å². The van der Waals surface area contributed by atoms with Crippen LogP contribution in [0.5, 0.6) is 0 Å². The second kappa shape index (κ2) is 6.68. The van der Waals surface area contributed by atoms with Crippen molar-refractivity contribution in [2.75, 3.05) is 13.3 Å². The number of thioether (sulfide) groups is 1. The zero-order valence-corrected chi connectivity index (χ0v) is 11.7. The van der Waals surface area contributed by atoms with Crippen LogP contribution in [0.15, 0.2) is 21.8 Å². The van der Waals surface area contributed by atoms with E-state index in [4.69, 9.17) is 4.52 Å². The van der Waals surface area contributed by atoms with Gasteiger partial charge in [0.25, 0.3) is 0 Å². The number of nitrogens with zero attached hydrogens (tertiary/aromatic N) is 2. The topological polar surface area (TPSA) is 62.5 Å². The van der Waals surface area contributed by atoms with Crippen LogP contribution in [0, 0.1) is 0 Å². The normalized spacial score (nSPS) is 24.2. The quantitative estimate of drug-likeness (QED) is 0.642. The molecule has 1 aromatic rings. The second-order valence-electron chi connectivity index (χ2n) is 4.43. The molecule has 18 heavy (non-hydrogen) atoms. The fourth-order valence-corrected chi connectivity index (χ4v) is 2.97. The lowest BCUT2D eigenvalue weighted by Gasteiger charge is -2.16. The van der Waals surface area contributed by atoms with E-state index in [1.165, 1.54) is 19.3 Å².